The van der Waals surface area contributed by atoms with Crippen molar-refractivity contribution in [1.29, 1.82) is 0 Å². The Bertz CT molecular complexity index is 725. The fraction of sp³-hybridized carbons (Fsp3) is 0.312. The number of carbonyl (C=O) groups excluding carboxylic acids is 2. The lowest BCUT2D eigenvalue weighted by atomic mass is 10.3. The highest BCUT2D eigenvalue weighted by Gasteiger charge is 2.23. The van der Waals surface area contributed by atoms with Crippen molar-refractivity contribution in [2.75, 3.05) is 11.9 Å². The Balaban J connectivity index is 1.44. The van der Waals surface area contributed by atoms with Crippen molar-refractivity contribution >= 4 is 17.5 Å². The fourth-order valence-corrected chi connectivity index (χ4v) is 2.04. The first-order chi connectivity index (χ1) is 11.6. The van der Waals surface area contributed by atoms with Gasteiger partial charge in [0.05, 0.1) is 11.9 Å². The van der Waals surface area contributed by atoms with Crippen LogP contribution in [0.1, 0.15) is 12.8 Å². The van der Waals surface area contributed by atoms with E-state index in [-0.39, 0.29) is 30.8 Å². The number of amides is 2. The molecule has 1 aromatic heterocycles. The summed E-state index contributed by atoms with van der Waals surface area (Å²) in [7, 11) is 0. The largest absolute Gasteiger partial charge is 0.484 e. The summed E-state index contributed by atoms with van der Waals surface area (Å²) in [5.74, 6) is -0.441. The molecule has 0 atom stereocenters. The third kappa shape index (κ3) is 4.80. The van der Waals surface area contributed by atoms with E-state index in [1.807, 2.05) is 0 Å². The summed E-state index contributed by atoms with van der Waals surface area (Å²) in [5.41, 5.74) is 0.474. The zero-order valence-electron chi connectivity index (χ0n) is 12.9. The zero-order chi connectivity index (χ0) is 16.9. The smallest absolute Gasteiger partial charge is 0.262 e. The molecule has 3 rings (SSSR count). The Morgan fingerprint density at radius 2 is 2.00 bits per heavy atom. The number of carbonyl (C=O) groups is 2. The van der Waals surface area contributed by atoms with Crippen LogP contribution in [0.2, 0.25) is 0 Å². The van der Waals surface area contributed by atoms with Gasteiger partial charge in [-0.15, -0.1) is 0 Å². The second-order valence-electron chi connectivity index (χ2n) is 5.56. The molecule has 0 saturated heterocycles. The molecule has 24 heavy (non-hydrogen) atoms. The Labute approximate surface area is 137 Å². The third-order valence-corrected chi connectivity index (χ3v) is 3.35. The summed E-state index contributed by atoms with van der Waals surface area (Å²) >= 11 is 0. The van der Waals surface area contributed by atoms with Crippen molar-refractivity contribution in [3.05, 3.63) is 42.5 Å². The van der Waals surface area contributed by atoms with Gasteiger partial charge in [-0.25, -0.2) is 4.39 Å². The number of benzene rings is 1. The SMILES string of the molecule is O=C(COc1ccc(F)cc1)Nc1cnn(CC(=O)NC2CC2)c1. The molecule has 0 radical (unpaired) electrons. The monoisotopic (exact) mass is 332 g/mol. The van der Waals surface area contributed by atoms with Crippen LogP contribution >= 0.6 is 0 Å². The standard InChI is InChI=1S/C16H17FN4O3/c17-11-1-5-14(6-2-11)24-10-16(23)20-13-7-18-21(8-13)9-15(22)19-12-3-4-12/h1-2,5-8,12H,3-4,9-10H2,(H,19,22)(H,20,23). The molecule has 126 valence electrons. The van der Waals surface area contributed by atoms with Crippen molar-refractivity contribution in [2.24, 2.45) is 0 Å². The first kappa shape index (κ1) is 16.0. The van der Waals surface area contributed by atoms with E-state index in [0.717, 1.165) is 12.8 Å². The van der Waals surface area contributed by atoms with Crippen LogP contribution in [-0.2, 0) is 16.1 Å². The van der Waals surface area contributed by atoms with Crippen molar-refractivity contribution in [2.45, 2.75) is 25.4 Å². The van der Waals surface area contributed by atoms with Crippen molar-refractivity contribution < 1.29 is 18.7 Å². The maximum Gasteiger partial charge on any atom is 0.262 e. The average Bonchev–Trinajstić information content (AvgIpc) is 3.25. The van der Waals surface area contributed by atoms with E-state index in [9.17, 15) is 14.0 Å². The van der Waals surface area contributed by atoms with E-state index in [0.29, 0.717) is 17.5 Å². The normalized spacial score (nSPS) is 13.4. The molecule has 0 bridgehead atoms. The number of ether oxygens (including phenoxy) is 1. The summed E-state index contributed by atoms with van der Waals surface area (Å²) in [4.78, 5) is 23.5. The predicted molar refractivity (Wildman–Crippen MR) is 83.9 cm³/mol. The number of nitrogens with zero attached hydrogens (tertiary/aromatic N) is 2. The molecule has 1 fully saturated rings. The quantitative estimate of drug-likeness (QED) is 0.801. The van der Waals surface area contributed by atoms with Crippen LogP contribution in [0.3, 0.4) is 0 Å². The molecule has 2 aromatic rings. The van der Waals surface area contributed by atoms with Gasteiger partial charge in [-0.1, -0.05) is 0 Å². The minimum absolute atomic E-state index is 0.0990. The lowest BCUT2D eigenvalue weighted by Gasteiger charge is -2.06. The minimum Gasteiger partial charge on any atom is -0.484 e. The third-order valence-electron chi connectivity index (χ3n) is 3.35. The molecule has 8 heteroatoms. The highest BCUT2D eigenvalue weighted by Crippen LogP contribution is 2.18. The molecule has 7 nitrogen and oxygen atoms in total. The van der Waals surface area contributed by atoms with Crippen LogP contribution in [-0.4, -0.2) is 34.2 Å². The van der Waals surface area contributed by atoms with Gasteiger partial charge in [-0.2, -0.15) is 5.10 Å². The average molecular weight is 332 g/mol. The number of aromatic nitrogens is 2. The van der Waals surface area contributed by atoms with E-state index in [1.165, 1.54) is 35.1 Å². The highest BCUT2D eigenvalue weighted by atomic mass is 19.1. The number of anilines is 1. The molecule has 1 aromatic carbocycles. The molecular formula is C16H17FN4O3. The Morgan fingerprint density at radius 1 is 1.25 bits per heavy atom. The van der Waals surface area contributed by atoms with Gasteiger partial charge in [0.2, 0.25) is 5.91 Å². The second-order valence-corrected chi connectivity index (χ2v) is 5.56. The van der Waals surface area contributed by atoms with Gasteiger partial charge in [0, 0.05) is 12.2 Å². The summed E-state index contributed by atoms with van der Waals surface area (Å²) < 4.78 is 19.5. The van der Waals surface area contributed by atoms with Crippen molar-refractivity contribution in [3.8, 4) is 5.75 Å². The van der Waals surface area contributed by atoms with Crippen LogP contribution in [0.4, 0.5) is 10.1 Å². The maximum atomic E-state index is 12.8. The highest BCUT2D eigenvalue weighted by molar-refractivity contribution is 5.91. The Hall–Kier alpha value is -2.90. The number of halogens is 1. The molecule has 1 aliphatic rings. The second kappa shape index (κ2) is 7.12. The summed E-state index contributed by atoms with van der Waals surface area (Å²) in [6.07, 6.45) is 5.09. The molecule has 1 heterocycles. The molecule has 0 spiro atoms. The maximum absolute atomic E-state index is 12.8. The molecular weight excluding hydrogens is 315 g/mol. The van der Waals surface area contributed by atoms with Crippen LogP contribution < -0.4 is 15.4 Å². The van der Waals surface area contributed by atoms with Crippen molar-refractivity contribution in [3.63, 3.8) is 0 Å². The van der Waals surface area contributed by atoms with E-state index in [1.54, 1.807) is 6.20 Å². The van der Waals surface area contributed by atoms with Gasteiger partial charge in [0.15, 0.2) is 6.61 Å². The Kier molecular flexibility index (Phi) is 4.74. The van der Waals surface area contributed by atoms with Crippen LogP contribution in [0, 0.1) is 5.82 Å². The first-order valence-electron chi connectivity index (χ1n) is 7.58. The first-order valence-corrected chi connectivity index (χ1v) is 7.58. The number of hydrogen-bond acceptors (Lipinski definition) is 4. The van der Waals surface area contributed by atoms with E-state index >= 15 is 0 Å². The van der Waals surface area contributed by atoms with Crippen molar-refractivity contribution in [1.82, 2.24) is 15.1 Å². The molecule has 0 unspecified atom stereocenters. The van der Waals surface area contributed by atoms with Gasteiger partial charge in [0.25, 0.3) is 5.91 Å². The van der Waals surface area contributed by atoms with Crippen LogP contribution in [0.15, 0.2) is 36.7 Å². The number of nitrogens with one attached hydrogen (secondary N) is 2. The van der Waals surface area contributed by atoms with Gasteiger partial charge >= 0.3 is 0 Å². The van der Waals surface area contributed by atoms with E-state index in [2.05, 4.69) is 15.7 Å². The van der Waals surface area contributed by atoms with Crippen LogP contribution in [0.25, 0.3) is 0 Å². The molecule has 2 amide bonds. The molecule has 1 aliphatic carbocycles. The van der Waals surface area contributed by atoms with Gasteiger partial charge < -0.3 is 15.4 Å². The van der Waals surface area contributed by atoms with E-state index in [4.69, 9.17) is 4.74 Å². The van der Waals surface area contributed by atoms with Gasteiger partial charge in [-0.3, -0.25) is 14.3 Å². The fourth-order valence-electron chi connectivity index (χ4n) is 2.04. The lowest BCUT2D eigenvalue weighted by Crippen LogP contribution is -2.29. The van der Waals surface area contributed by atoms with Gasteiger partial charge in [-0.05, 0) is 37.1 Å². The topological polar surface area (TPSA) is 85.2 Å². The Morgan fingerprint density at radius 3 is 2.71 bits per heavy atom. The molecule has 0 aliphatic heterocycles. The predicted octanol–water partition coefficient (Wildman–Crippen LogP) is 1.32. The molecule has 1 saturated carbocycles. The summed E-state index contributed by atoms with van der Waals surface area (Å²) in [5, 5.41) is 9.50. The van der Waals surface area contributed by atoms with Crippen LogP contribution in [0.5, 0.6) is 5.75 Å². The number of hydrogen-bond donors (Lipinski definition) is 2. The van der Waals surface area contributed by atoms with E-state index < -0.39 is 0 Å². The minimum atomic E-state index is -0.374. The molecule has 2 N–H and O–H groups in total. The number of rotatable bonds is 7. The summed E-state index contributed by atoms with van der Waals surface area (Å²) in [6, 6.07) is 5.70. The summed E-state index contributed by atoms with van der Waals surface area (Å²) in [6.45, 7) is -0.0998. The zero-order valence-corrected chi connectivity index (χ0v) is 12.9. The van der Waals surface area contributed by atoms with Gasteiger partial charge in [0.1, 0.15) is 18.1 Å². The lowest BCUT2D eigenvalue weighted by molar-refractivity contribution is -0.122.